The van der Waals surface area contributed by atoms with Crippen molar-refractivity contribution < 1.29 is 19.1 Å². The van der Waals surface area contributed by atoms with Gasteiger partial charge in [-0.15, -0.1) is 0 Å². The van der Waals surface area contributed by atoms with E-state index in [0.717, 1.165) is 17.7 Å². The largest absolute Gasteiger partial charge is 0.457 e. The molecule has 5 nitrogen and oxygen atoms in total. The van der Waals surface area contributed by atoms with Crippen molar-refractivity contribution in [2.24, 2.45) is 0 Å². The lowest BCUT2D eigenvalue weighted by molar-refractivity contribution is -0.142. The highest BCUT2D eigenvalue weighted by Crippen LogP contribution is 2.22. The molecule has 0 spiro atoms. The van der Waals surface area contributed by atoms with E-state index < -0.39 is 0 Å². The number of carbonyl (C=O) groups is 3. The van der Waals surface area contributed by atoms with Gasteiger partial charge in [0.05, 0.1) is 6.42 Å². The fraction of sp³-hybridized carbons (Fsp3) is 0.318. The molecule has 140 valence electrons. The molecule has 1 saturated heterocycles. The minimum Gasteiger partial charge on any atom is -0.457 e. The van der Waals surface area contributed by atoms with Crippen LogP contribution in [0.15, 0.2) is 54.6 Å². The molecule has 0 unspecified atom stereocenters. The first-order chi connectivity index (χ1) is 13.0. The number of esters is 1. The van der Waals surface area contributed by atoms with E-state index in [2.05, 4.69) is 0 Å². The Kier molecular flexibility index (Phi) is 6.01. The van der Waals surface area contributed by atoms with Gasteiger partial charge in [-0.2, -0.15) is 0 Å². The number of nitrogens with zero attached hydrogens (tertiary/aromatic N) is 1. The Morgan fingerprint density at radius 3 is 2.41 bits per heavy atom. The second-order valence-corrected chi connectivity index (χ2v) is 6.80. The first-order valence-corrected chi connectivity index (χ1v) is 9.19. The maximum absolute atomic E-state index is 12.2. The van der Waals surface area contributed by atoms with E-state index in [1.54, 1.807) is 29.2 Å². The SMILES string of the molecule is C[C@@H](CC(=O)OCC(=O)c1ccc(N2CCCC2=O)cc1)c1ccccc1. The van der Waals surface area contributed by atoms with Crippen molar-refractivity contribution in [3.63, 3.8) is 0 Å². The van der Waals surface area contributed by atoms with Gasteiger partial charge in [-0.1, -0.05) is 37.3 Å². The van der Waals surface area contributed by atoms with E-state index in [4.69, 9.17) is 4.74 Å². The Morgan fingerprint density at radius 1 is 1.07 bits per heavy atom. The highest BCUT2D eigenvalue weighted by molar-refractivity contribution is 5.99. The van der Waals surface area contributed by atoms with Crippen LogP contribution in [0, 0.1) is 0 Å². The zero-order valence-corrected chi connectivity index (χ0v) is 15.4. The Hall–Kier alpha value is -2.95. The molecule has 27 heavy (non-hydrogen) atoms. The average Bonchev–Trinajstić information content (AvgIpc) is 3.13. The molecule has 0 bridgehead atoms. The van der Waals surface area contributed by atoms with Crippen LogP contribution in [-0.4, -0.2) is 30.8 Å². The van der Waals surface area contributed by atoms with Gasteiger partial charge in [0.25, 0.3) is 0 Å². The van der Waals surface area contributed by atoms with Gasteiger partial charge < -0.3 is 9.64 Å². The Bertz CT molecular complexity index is 814. The summed E-state index contributed by atoms with van der Waals surface area (Å²) < 4.78 is 5.14. The van der Waals surface area contributed by atoms with Crippen LogP contribution in [0.2, 0.25) is 0 Å². The van der Waals surface area contributed by atoms with Crippen molar-refractivity contribution >= 4 is 23.3 Å². The van der Waals surface area contributed by atoms with Gasteiger partial charge in [0, 0.05) is 24.2 Å². The molecule has 0 aliphatic carbocycles. The van der Waals surface area contributed by atoms with E-state index in [1.807, 2.05) is 37.3 Å². The number of carbonyl (C=O) groups excluding carboxylic acids is 3. The van der Waals surface area contributed by atoms with E-state index in [1.165, 1.54) is 0 Å². The number of rotatable bonds is 7. The molecule has 5 heteroatoms. The second-order valence-electron chi connectivity index (χ2n) is 6.80. The first-order valence-electron chi connectivity index (χ1n) is 9.19. The lowest BCUT2D eigenvalue weighted by Gasteiger charge is -2.15. The third-order valence-electron chi connectivity index (χ3n) is 4.78. The van der Waals surface area contributed by atoms with E-state index in [9.17, 15) is 14.4 Å². The molecule has 1 fully saturated rings. The average molecular weight is 365 g/mol. The highest BCUT2D eigenvalue weighted by Gasteiger charge is 2.22. The summed E-state index contributed by atoms with van der Waals surface area (Å²) in [7, 11) is 0. The lowest BCUT2D eigenvalue weighted by atomic mass is 9.98. The molecule has 1 atom stereocenters. The molecule has 0 radical (unpaired) electrons. The molecule has 2 aromatic rings. The molecule has 0 saturated carbocycles. The summed E-state index contributed by atoms with van der Waals surface area (Å²) in [4.78, 5) is 37.7. The predicted octanol–water partition coefficient (Wildman–Crippen LogP) is 3.73. The number of hydrogen-bond donors (Lipinski definition) is 0. The fourth-order valence-electron chi connectivity index (χ4n) is 3.19. The zero-order valence-electron chi connectivity index (χ0n) is 15.4. The van der Waals surface area contributed by atoms with Crippen molar-refractivity contribution in [3.8, 4) is 0 Å². The third-order valence-corrected chi connectivity index (χ3v) is 4.78. The minimum absolute atomic E-state index is 0.0334. The summed E-state index contributed by atoms with van der Waals surface area (Å²) in [6.45, 7) is 2.39. The number of benzene rings is 2. The first kappa shape index (κ1) is 18.8. The second kappa shape index (κ2) is 8.62. The molecule has 2 aromatic carbocycles. The van der Waals surface area contributed by atoms with Gasteiger partial charge in [-0.3, -0.25) is 14.4 Å². The van der Waals surface area contributed by atoms with Crippen LogP contribution in [0.4, 0.5) is 5.69 Å². The molecule has 3 rings (SSSR count). The van der Waals surface area contributed by atoms with E-state index in [0.29, 0.717) is 18.5 Å². The molecule has 1 heterocycles. The smallest absolute Gasteiger partial charge is 0.306 e. The van der Waals surface area contributed by atoms with Gasteiger partial charge in [-0.05, 0) is 42.2 Å². The Balaban J connectivity index is 1.50. The van der Waals surface area contributed by atoms with Gasteiger partial charge >= 0.3 is 5.97 Å². The Labute approximate surface area is 158 Å². The molecular weight excluding hydrogens is 342 g/mol. The van der Waals surface area contributed by atoms with Crippen LogP contribution in [0.1, 0.15) is 48.0 Å². The van der Waals surface area contributed by atoms with E-state index in [-0.39, 0.29) is 36.6 Å². The summed E-state index contributed by atoms with van der Waals surface area (Å²) in [6.07, 6.45) is 1.65. The third kappa shape index (κ3) is 4.82. The quantitative estimate of drug-likeness (QED) is 0.554. The van der Waals surface area contributed by atoms with Crippen molar-refractivity contribution in [1.82, 2.24) is 0 Å². The summed E-state index contributed by atoms with van der Waals surface area (Å²) in [5, 5.41) is 0. The molecule has 0 N–H and O–H groups in total. The summed E-state index contributed by atoms with van der Waals surface area (Å²) >= 11 is 0. The molecule has 1 amide bonds. The van der Waals surface area contributed by atoms with Crippen LogP contribution in [0.25, 0.3) is 0 Å². The van der Waals surface area contributed by atoms with Crippen molar-refractivity contribution in [2.75, 3.05) is 18.1 Å². The number of ether oxygens (including phenoxy) is 1. The number of anilines is 1. The van der Waals surface area contributed by atoms with Crippen molar-refractivity contribution in [3.05, 3.63) is 65.7 Å². The summed E-state index contributed by atoms with van der Waals surface area (Å²) in [6, 6.07) is 16.6. The van der Waals surface area contributed by atoms with Crippen molar-refractivity contribution in [1.29, 1.82) is 0 Å². The number of Topliss-reactive ketones (excluding diaryl/α,β-unsaturated/α-hetero) is 1. The van der Waals surface area contributed by atoms with Gasteiger partial charge in [0.1, 0.15) is 0 Å². The van der Waals surface area contributed by atoms with Crippen LogP contribution >= 0.6 is 0 Å². The van der Waals surface area contributed by atoms with Gasteiger partial charge in [-0.25, -0.2) is 0 Å². The standard InChI is InChI=1S/C22H23NO4/c1-16(17-6-3-2-4-7-17)14-22(26)27-15-20(24)18-9-11-19(12-10-18)23-13-5-8-21(23)25/h2-4,6-7,9-12,16H,5,8,13-15H2,1H3/t16-/m0/s1. The predicted molar refractivity (Wildman–Crippen MR) is 103 cm³/mol. The minimum atomic E-state index is -0.390. The maximum atomic E-state index is 12.2. The molecule has 1 aliphatic rings. The van der Waals surface area contributed by atoms with Crippen LogP contribution in [-0.2, 0) is 14.3 Å². The maximum Gasteiger partial charge on any atom is 0.306 e. The molecular formula is C22H23NO4. The summed E-state index contributed by atoms with van der Waals surface area (Å²) in [5.41, 5.74) is 2.32. The monoisotopic (exact) mass is 365 g/mol. The fourth-order valence-corrected chi connectivity index (χ4v) is 3.19. The summed E-state index contributed by atoms with van der Waals surface area (Å²) in [5.74, 6) is -0.504. The van der Waals surface area contributed by atoms with Gasteiger partial charge in [0.15, 0.2) is 12.4 Å². The van der Waals surface area contributed by atoms with E-state index >= 15 is 0 Å². The van der Waals surface area contributed by atoms with Gasteiger partial charge in [0.2, 0.25) is 5.91 Å². The van der Waals surface area contributed by atoms with Crippen LogP contribution in [0.3, 0.4) is 0 Å². The normalized spacial score (nSPS) is 14.9. The topological polar surface area (TPSA) is 63.7 Å². The van der Waals surface area contributed by atoms with Crippen LogP contribution < -0.4 is 4.90 Å². The Morgan fingerprint density at radius 2 is 1.78 bits per heavy atom. The number of amides is 1. The molecule has 1 aliphatic heterocycles. The lowest BCUT2D eigenvalue weighted by Crippen LogP contribution is -2.23. The highest BCUT2D eigenvalue weighted by atomic mass is 16.5. The number of ketones is 1. The zero-order chi connectivity index (χ0) is 19.2. The van der Waals surface area contributed by atoms with Crippen molar-refractivity contribution in [2.45, 2.75) is 32.1 Å². The number of hydrogen-bond acceptors (Lipinski definition) is 4. The molecule has 0 aromatic heterocycles. The van der Waals surface area contributed by atoms with Crippen LogP contribution in [0.5, 0.6) is 0 Å².